The van der Waals surface area contributed by atoms with Crippen LogP contribution in [0.2, 0.25) is 0 Å². The number of benzene rings is 1. The van der Waals surface area contributed by atoms with Crippen molar-refractivity contribution < 1.29 is 19.0 Å². The van der Waals surface area contributed by atoms with E-state index in [1.807, 2.05) is 17.0 Å². The maximum Gasteiger partial charge on any atom is 0.163 e. The molecule has 1 aromatic carbocycles. The van der Waals surface area contributed by atoms with Crippen LogP contribution in [0.25, 0.3) is 5.65 Å². The molecule has 0 spiro atoms. The minimum absolute atomic E-state index is 0.298. The Balaban J connectivity index is 1.54. The number of aliphatic hydroxyl groups excluding tert-OH is 1. The number of imidazole rings is 1. The number of nitrogens with zero attached hydrogens (tertiary/aromatic N) is 4. The number of hydrogen-bond donors (Lipinski definition) is 1. The van der Waals surface area contributed by atoms with E-state index in [1.165, 1.54) is 25.3 Å². The van der Waals surface area contributed by atoms with Gasteiger partial charge >= 0.3 is 0 Å². The van der Waals surface area contributed by atoms with E-state index in [0.717, 1.165) is 11.5 Å². The number of rotatable bonds is 4. The Morgan fingerprint density at radius 2 is 2.12 bits per heavy atom. The van der Waals surface area contributed by atoms with E-state index in [2.05, 4.69) is 10.1 Å². The highest BCUT2D eigenvalue weighted by molar-refractivity contribution is 5.46. The molecule has 1 fully saturated rings. The fourth-order valence-electron chi connectivity index (χ4n) is 3.10. The first-order valence-corrected chi connectivity index (χ1v) is 8.37. The van der Waals surface area contributed by atoms with Crippen molar-refractivity contribution in [2.75, 3.05) is 25.1 Å². The van der Waals surface area contributed by atoms with Gasteiger partial charge in [0.15, 0.2) is 17.1 Å². The Hall–Kier alpha value is -2.87. The summed E-state index contributed by atoms with van der Waals surface area (Å²) in [6.45, 7) is 1.11. The minimum atomic E-state index is -0.627. The van der Waals surface area contributed by atoms with E-state index >= 15 is 0 Å². The van der Waals surface area contributed by atoms with Crippen LogP contribution in [-0.2, 0) is 0 Å². The average molecular weight is 358 g/mol. The summed E-state index contributed by atoms with van der Waals surface area (Å²) in [5, 5.41) is 14.9. The Morgan fingerprint density at radius 1 is 1.23 bits per heavy atom. The van der Waals surface area contributed by atoms with Gasteiger partial charge in [0.1, 0.15) is 17.7 Å². The first kappa shape index (κ1) is 16.6. The second kappa shape index (κ2) is 6.80. The summed E-state index contributed by atoms with van der Waals surface area (Å²) >= 11 is 0. The Kier molecular flexibility index (Phi) is 4.34. The number of aliphatic hydroxyl groups is 1. The number of aromatic nitrogens is 3. The fraction of sp³-hybridized carbons (Fsp3) is 0.333. The normalized spacial score (nSPS) is 20.3. The predicted molar refractivity (Wildman–Crippen MR) is 93.2 cm³/mol. The number of halogens is 1. The van der Waals surface area contributed by atoms with E-state index in [4.69, 9.17) is 9.47 Å². The van der Waals surface area contributed by atoms with Gasteiger partial charge in [-0.05, 0) is 30.7 Å². The van der Waals surface area contributed by atoms with Gasteiger partial charge < -0.3 is 19.5 Å². The van der Waals surface area contributed by atoms with Crippen molar-refractivity contribution in [1.29, 1.82) is 0 Å². The van der Waals surface area contributed by atoms with E-state index in [9.17, 15) is 9.50 Å². The maximum absolute atomic E-state index is 13.4. The van der Waals surface area contributed by atoms with Crippen LogP contribution < -0.4 is 14.4 Å². The molecule has 3 aromatic rings. The molecule has 3 heterocycles. The fourth-order valence-corrected chi connectivity index (χ4v) is 3.10. The zero-order valence-electron chi connectivity index (χ0n) is 14.2. The maximum atomic E-state index is 13.4. The van der Waals surface area contributed by atoms with Gasteiger partial charge in [0.25, 0.3) is 0 Å². The summed E-state index contributed by atoms with van der Waals surface area (Å²) in [5.41, 5.74) is 0.773. The van der Waals surface area contributed by atoms with Crippen LogP contribution in [0.3, 0.4) is 0 Å². The van der Waals surface area contributed by atoms with Gasteiger partial charge in [-0.3, -0.25) is 0 Å². The molecule has 2 atom stereocenters. The van der Waals surface area contributed by atoms with Crippen LogP contribution in [-0.4, -0.2) is 52.1 Å². The van der Waals surface area contributed by atoms with Crippen molar-refractivity contribution in [2.45, 2.75) is 18.6 Å². The van der Waals surface area contributed by atoms with Crippen LogP contribution in [0, 0.1) is 5.82 Å². The quantitative estimate of drug-likeness (QED) is 0.768. The number of piperidine rings is 1. The van der Waals surface area contributed by atoms with E-state index in [-0.39, 0.29) is 0 Å². The van der Waals surface area contributed by atoms with Crippen molar-refractivity contribution in [3.05, 3.63) is 48.5 Å². The van der Waals surface area contributed by atoms with Crippen molar-refractivity contribution in [1.82, 2.24) is 14.6 Å². The Labute approximate surface area is 149 Å². The third-order valence-electron chi connectivity index (χ3n) is 4.49. The monoisotopic (exact) mass is 358 g/mol. The van der Waals surface area contributed by atoms with Crippen LogP contribution >= 0.6 is 0 Å². The SMILES string of the molecule is COc1cc(F)ccc1O[C@@H]1CN(c2ccc3nccn3n2)CC[C@H]1O. The molecule has 136 valence electrons. The standard InChI is InChI=1S/C18H19FN4O3/c1-25-15-10-12(19)2-3-14(15)26-16-11-22(8-6-13(16)24)18-5-4-17-20-7-9-23(17)21-18/h2-5,7,9-10,13,16,24H,6,8,11H2,1H3/t13-,16-/m1/s1. The van der Waals surface area contributed by atoms with E-state index in [0.29, 0.717) is 31.0 Å². The van der Waals surface area contributed by atoms with E-state index in [1.54, 1.807) is 16.9 Å². The lowest BCUT2D eigenvalue weighted by atomic mass is 10.0. The second-order valence-corrected chi connectivity index (χ2v) is 6.18. The molecule has 1 aliphatic rings. The third kappa shape index (κ3) is 3.15. The lowest BCUT2D eigenvalue weighted by molar-refractivity contribution is 0.0219. The molecule has 4 rings (SSSR count). The van der Waals surface area contributed by atoms with Gasteiger partial charge in [-0.25, -0.2) is 13.9 Å². The molecule has 1 N–H and O–H groups in total. The largest absolute Gasteiger partial charge is 0.493 e. The highest BCUT2D eigenvalue weighted by Crippen LogP contribution is 2.30. The summed E-state index contributed by atoms with van der Waals surface area (Å²) in [6.07, 6.45) is 2.91. The van der Waals surface area contributed by atoms with Crippen molar-refractivity contribution in [2.24, 2.45) is 0 Å². The molecule has 0 bridgehead atoms. The molecule has 0 saturated carbocycles. The molecule has 0 radical (unpaired) electrons. The van der Waals surface area contributed by atoms with Crippen LogP contribution in [0.1, 0.15) is 6.42 Å². The molecule has 1 aliphatic heterocycles. The zero-order valence-corrected chi connectivity index (χ0v) is 14.2. The number of methoxy groups -OCH3 is 1. The number of fused-ring (bicyclic) bond motifs is 1. The zero-order chi connectivity index (χ0) is 18.1. The summed E-state index contributed by atoms with van der Waals surface area (Å²) in [6, 6.07) is 7.87. The molecular formula is C18H19FN4O3. The minimum Gasteiger partial charge on any atom is -0.493 e. The topological polar surface area (TPSA) is 72.1 Å². The van der Waals surface area contributed by atoms with E-state index < -0.39 is 18.0 Å². The van der Waals surface area contributed by atoms with Crippen LogP contribution in [0.15, 0.2) is 42.7 Å². The van der Waals surface area contributed by atoms with Gasteiger partial charge in [-0.15, -0.1) is 5.10 Å². The molecule has 0 amide bonds. The molecule has 0 unspecified atom stereocenters. The molecular weight excluding hydrogens is 339 g/mol. The van der Waals surface area contributed by atoms with Crippen molar-refractivity contribution in [3.63, 3.8) is 0 Å². The summed E-state index contributed by atoms with van der Waals surface area (Å²) < 4.78 is 26.2. The first-order valence-electron chi connectivity index (χ1n) is 8.37. The second-order valence-electron chi connectivity index (χ2n) is 6.18. The number of anilines is 1. The lowest BCUT2D eigenvalue weighted by Crippen LogP contribution is -2.50. The van der Waals surface area contributed by atoms with Crippen LogP contribution in [0.5, 0.6) is 11.5 Å². The van der Waals surface area contributed by atoms with Crippen molar-refractivity contribution in [3.8, 4) is 11.5 Å². The molecule has 8 heteroatoms. The predicted octanol–water partition coefficient (Wildman–Crippen LogP) is 1.90. The summed E-state index contributed by atoms with van der Waals surface area (Å²) in [4.78, 5) is 6.24. The molecule has 1 saturated heterocycles. The van der Waals surface area contributed by atoms with Gasteiger partial charge in [0.2, 0.25) is 0 Å². The Bertz CT molecular complexity index is 916. The van der Waals surface area contributed by atoms with Gasteiger partial charge in [0, 0.05) is 25.0 Å². The summed E-state index contributed by atoms with van der Waals surface area (Å²) in [7, 11) is 1.45. The Morgan fingerprint density at radius 3 is 2.96 bits per heavy atom. The van der Waals surface area contributed by atoms with Gasteiger partial charge in [-0.2, -0.15) is 0 Å². The van der Waals surface area contributed by atoms with Gasteiger partial charge in [-0.1, -0.05) is 0 Å². The lowest BCUT2D eigenvalue weighted by Gasteiger charge is -2.36. The molecule has 0 aliphatic carbocycles. The molecule has 2 aromatic heterocycles. The first-order chi connectivity index (χ1) is 12.6. The molecule has 26 heavy (non-hydrogen) atoms. The smallest absolute Gasteiger partial charge is 0.163 e. The van der Waals surface area contributed by atoms with Crippen molar-refractivity contribution >= 4 is 11.5 Å². The van der Waals surface area contributed by atoms with Crippen LogP contribution in [0.4, 0.5) is 10.2 Å². The number of ether oxygens (including phenoxy) is 2. The highest BCUT2D eigenvalue weighted by Gasteiger charge is 2.31. The highest BCUT2D eigenvalue weighted by atomic mass is 19.1. The van der Waals surface area contributed by atoms with Gasteiger partial charge in [0.05, 0.1) is 19.8 Å². The molecule has 7 nitrogen and oxygen atoms in total. The number of hydrogen-bond acceptors (Lipinski definition) is 6. The average Bonchev–Trinajstić information content (AvgIpc) is 3.12. The summed E-state index contributed by atoms with van der Waals surface area (Å²) in [5.74, 6) is 1.07. The third-order valence-corrected chi connectivity index (χ3v) is 4.49.